The largest absolute Gasteiger partial charge is 0.345 e. The summed E-state index contributed by atoms with van der Waals surface area (Å²) in [6.45, 7) is 2.04. The van der Waals surface area contributed by atoms with Gasteiger partial charge in [0.25, 0.3) is 5.91 Å². The fourth-order valence-electron chi connectivity index (χ4n) is 3.11. The van der Waals surface area contributed by atoms with Crippen LogP contribution in [-0.2, 0) is 16.4 Å². The maximum Gasteiger partial charge on any atom is 0.251 e. The summed E-state index contributed by atoms with van der Waals surface area (Å²) in [7, 11) is -4.15. The highest BCUT2D eigenvalue weighted by molar-refractivity contribution is 7.89. The van der Waals surface area contributed by atoms with Gasteiger partial charge in [-0.1, -0.05) is 31.2 Å². The van der Waals surface area contributed by atoms with Crippen LogP contribution in [0.4, 0.5) is 4.39 Å². The summed E-state index contributed by atoms with van der Waals surface area (Å²) in [6, 6.07) is 10.9. The van der Waals surface area contributed by atoms with Crippen molar-refractivity contribution in [3.63, 3.8) is 0 Å². The van der Waals surface area contributed by atoms with Crippen molar-refractivity contribution in [3.05, 3.63) is 65.0 Å². The van der Waals surface area contributed by atoms with Crippen LogP contribution in [0.2, 0.25) is 0 Å². The number of benzene rings is 2. The van der Waals surface area contributed by atoms with Gasteiger partial charge in [0.15, 0.2) is 0 Å². The van der Waals surface area contributed by atoms with Gasteiger partial charge >= 0.3 is 0 Å². The average Bonchev–Trinajstić information content (AvgIpc) is 2.82. The summed E-state index contributed by atoms with van der Waals surface area (Å²) in [5.74, 6) is -1.27. The van der Waals surface area contributed by atoms with Gasteiger partial charge in [0, 0.05) is 5.56 Å². The van der Waals surface area contributed by atoms with Crippen LogP contribution in [0.15, 0.2) is 47.4 Å². The van der Waals surface area contributed by atoms with Crippen LogP contribution < -0.4 is 10.5 Å². The fraction of sp³-hybridized carbons (Fsp3) is 0.235. The number of nitrogens with one attached hydrogen (secondary N) is 1. The molecule has 2 atom stereocenters. The van der Waals surface area contributed by atoms with Gasteiger partial charge in [-0.2, -0.15) is 0 Å². The molecule has 3 rings (SSSR count). The second-order valence-electron chi connectivity index (χ2n) is 6.02. The first-order chi connectivity index (χ1) is 11.3. The van der Waals surface area contributed by atoms with Crippen LogP contribution in [0, 0.1) is 11.7 Å². The van der Waals surface area contributed by atoms with Crippen LogP contribution >= 0.6 is 0 Å². The van der Waals surface area contributed by atoms with Gasteiger partial charge in [0.1, 0.15) is 10.7 Å². The van der Waals surface area contributed by atoms with Crippen molar-refractivity contribution in [1.29, 1.82) is 0 Å². The van der Waals surface area contributed by atoms with E-state index in [4.69, 9.17) is 5.14 Å². The molecule has 0 bridgehead atoms. The Labute approximate surface area is 139 Å². The molecule has 0 aliphatic heterocycles. The third kappa shape index (κ3) is 3.05. The van der Waals surface area contributed by atoms with E-state index in [0.717, 1.165) is 24.1 Å². The predicted molar refractivity (Wildman–Crippen MR) is 87.3 cm³/mol. The number of nitrogens with two attached hydrogens (primary N) is 1. The molecule has 24 heavy (non-hydrogen) atoms. The highest BCUT2D eigenvalue weighted by Gasteiger charge is 2.30. The van der Waals surface area contributed by atoms with Crippen LogP contribution in [-0.4, -0.2) is 14.3 Å². The number of halogens is 1. The van der Waals surface area contributed by atoms with Crippen molar-refractivity contribution in [2.75, 3.05) is 0 Å². The molecule has 3 N–H and O–H groups in total. The second kappa shape index (κ2) is 5.99. The molecule has 0 saturated heterocycles. The Morgan fingerprint density at radius 3 is 2.62 bits per heavy atom. The van der Waals surface area contributed by atoms with Crippen LogP contribution in [0.5, 0.6) is 0 Å². The summed E-state index contributed by atoms with van der Waals surface area (Å²) in [4.78, 5) is 11.8. The van der Waals surface area contributed by atoms with Crippen molar-refractivity contribution in [2.24, 2.45) is 11.1 Å². The fourth-order valence-corrected chi connectivity index (χ4v) is 3.70. The molecular weight excluding hydrogens is 331 g/mol. The molecule has 2 unspecified atom stereocenters. The Morgan fingerprint density at radius 1 is 1.25 bits per heavy atom. The monoisotopic (exact) mass is 348 g/mol. The second-order valence-corrected chi connectivity index (χ2v) is 7.55. The van der Waals surface area contributed by atoms with Crippen molar-refractivity contribution in [1.82, 2.24) is 5.32 Å². The lowest BCUT2D eigenvalue weighted by Gasteiger charge is -2.19. The minimum atomic E-state index is -4.15. The Kier molecular flexibility index (Phi) is 4.15. The predicted octanol–water partition coefficient (Wildman–Crippen LogP) is 2.14. The van der Waals surface area contributed by atoms with Gasteiger partial charge in [-0.05, 0) is 41.7 Å². The van der Waals surface area contributed by atoms with Crippen LogP contribution in [0.1, 0.15) is 34.5 Å². The zero-order valence-corrected chi connectivity index (χ0v) is 13.8. The lowest BCUT2D eigenvalue weighted by molar-refractivity contribution is 0.0926. The molecule has 1 aliphatic carbocycles. The molecule has 1 amide bonds. The maximum atomic E-state index is 13.9. The number of sulfonamides is 1. The van der Waals surface area contributed by atoms with Gasteiger partial charge in [-0.15, -0.1) is 0 Å². The van der Waals surface area contributed by atoms with E-state index in [0.29, 0.717) is 0 Å². The lowest BCUT2D eigenvalue weighted by atomic mass is 10.0. The van der Waals surface area contributed by atoms with Gasteiger partial charge in [-0.3, -0.25) is 4.79 Å². The quantitative estimate of drug-likeness (QED) is 0.890. The topological polar surface area (TPSA) is 89.3 Å². The number of fused-ring (bicyclic) bond motifs is 1. The normalized spacial score (nSPS) is 19.8. The van der Waals surface area contributed by atoms with E-state index in [1.165, 1.54) is 11.6 Å². The number of amides is 1. The Hall–Kier alpha value is -2.25. The minimum Gasteiger partial charge on any atom is -0.345 e. The number of carbonyl (C=O) groups excluding carboxylic acids is 1. The zero-order chi connectivity index (χ0) is 17.5. The van der Waals surface area contributed by atoms with Crippen molar-refractivity contribution < 1.29 is 17.6 Å². The molecule has 2 aromatic rings. The van der Waals surface area contributed by atoms with Gasteiger partial charge in [0.2, 0.25) is 10.0 Å². The summed E-state index contributed by atoms with van der Waals surface area (Å²) < 4.78 is 36.4. The van der Waals surface area contributed by atoms with Crippen molar-refractivity contribution in [2.45, 2.75) is 24.3 Å². The molecule has 2 aromatic carbocycles. The molecule has 0 aromatic heterocycles. The smallest absolute Gasteiger partial charge is 0.251 e. The lowest BCUT2D eigenvalue weighted by Crippen LogP contribution is -2.30. The number of carbonyl (C=O) groups is 1. The van der Waals surface area contributed by atoms with E-state index in [2.05, 4.69) is 5.32 Å². The molecule has 5 nitrogen and oxygen atoms in total. The number of hydrogen-bond donors (Lipinski definition) is 2. The molecule has 126 valence electrons. The third-order valence-corrected chi connectivity index (χ3v) is 5.23. The highest BCUT2D eigenvalue weighted by Crippen LogP contribution is 2.35. The van der Waals surface area contributed by atoms with Crippen molar-refractivity contribution in [3.8, 4) is 0 Å². The summed E-state index contributed by atoms with van der Waals surface area (Å²) >= 11 is 0. The first kappa shape index (κ1) is 16.6. The molecule has 0 radical (unpaired) electrons. The zero-order valence-electron chi connectivity index (χ0n) is 13.0. The van der Waals surface area contributed by atoms with Crippen LogP contribution in [0.3, 0.4) is 0 Å². The molecule has 7 heteroatoms. The number of hydrogen-bond acceptors (Lipinski definition) is 3. The maximum absolute atomic E-state index is 13.9. The summed E-state index contributed by atoms with van der Waals surface area (Å²) in [6.07, 6.45) is 0.861. The third-order valence-electron chi connectivity index (χ3n) is 4.29. The first-order valence-corrected chi connectivity index (χ1v) is 9.03. The Morgan fingerprint density at radius 2 is 1.96 bits per heavy atom. The first-order valence-electron chi connectivity index (χ1n) is 7.48. The Balaban J connectivity index is 1.85. The standard InChI is InChI=1S/C17H17FN2O3S/c1-10-8-11-4-2-3-5-13(11)16(10)20-17(21)12-6-7-15(14(18)9-12)24(19,22)23/h2-7,9-10,16H,8H2,1H3,(H,20,21)(H2,19,22,23). The van der Waals surface area contributed by atoms with E-state index in [1.807, 2.05) is 31.2 Å². The minimum absolute atomic E-state index is 0.0523. The van der Waals surface area contributed by atoms with Crippen molar-refractivity contribution >= 4 is 15.9 Å². The number of rotatable bonds is 3. The summed E-state index contributed by atoms with van der Waals surface area (Å²) in [5, 5.41) is 7.82. The molecule has 0 fully saturated rings. The van der Waals surface area contributed by atoms with Gasteiger partial charge in [-0.25, -0.2) is 17.9 Å². The SMILES string of the molecule is CC1Cc2ccccc2C1NC(=O)c1ccc(S(N)(=O)=O)c(F)c1. The molecular formula is C17H17FN2O3S. The van der Waals surface area contributed by atoms with Gasteiger partial charge in [0.05, 0.1) is 6.04 Å². The van der Waals surface area contributed by atoms with E-state index in [1.54, 1.807) is 0 Å². The van der Waals surface area contributed by atoms with E-state index in [9.17, 15) is 17.6 Å². The molecule has 0 spiro atoms. The molecule has 1 aliphatic rings. The van der Waals surface area contributed by atoms with E-state index < -0.39 is 26.6 Å². The molecule has 0 heterocycles. The summed E-state index contributed by atoms with van der Waals surface area (Å²) in [5.41, 5.74) is 2.29. The molecule has 0 saturated carbocycles. The number of primary sulfonamides is 1. The van der Waals surface area contributed by atoms with E-state index >= 15 is 0 Å². The average molecular weight is 348 g/mol. The Bertz CT molecular complexity index is 912. The van der Waals surface area contributed by atoms with E-state index in [-0.39, 0.29) is 17.5 Å². The van der Waals surface area contributed by atoms with Gasteiger partial charge < -0.3 is 5.32 Å². The highest BCUT2D eigenvalue weighted by atomic mass is 32.2. The van der Waals surface area contributed by atoms with Crippen LogP contribution in [0.25, 0.3) is 0 Å².